The summed E-state index contributed by atoms with van der Waals surface area (Å²) < 4.78 is 30.3. The lowest BCUT2D eigenvalue weighted by molar-refractivity contribution is 0.356. The van der Waals surface area contributed by atoms with Gasteiger partial charge in [0.25, 0.3) is 0 Å². The summed E-state index contributed by atoms with van der Waals surface area (Å²) in [5.74, 6) is 2.72. The van der Waals surface area contributed by atoms with E-state index in [1.54, 1.807) is 14.2 Å². The Morgan fingerprint density at radius 1 is 0.784 bits per heavy atom. The van der Waals surface area contributed by atoms with Crippen molar-refractivity contribution in [2.75, 3.05) is 14.2 Å². The van der Waals surface area contributed by atoms with Gasteiger partial charge in [0.1, 0.15) is 11.5 Å². The normalized spacial score (nSPS) is 11.8. The first kappa shape index (κ1) is 24.5. The molecule has 37 heavy (non-hydrogen) atoms. The molecule has 1 unspecified atom stereocenters. The van der Waals surface area contributed by atoms with Crippen LogP contribution in [0.2, 0.25) is 0 Å². The van der Waals surface area contributed by atoms with Gasteiger partial charge in [-0.3, -0.25) is 4.98 Å². The summed E-state index contributed by atoms with van der Waals surface area (Å²) in [7, 11) is 1.92. The number of aryl methyl sites for hydroxylation is 1. The molecule has 0 fully saturated rings. The van der Waals surface area contributed by atoms with Crippen LogP contribution in [0.15, 0.2) is 107 Å². The van der Waals surface area contributed by atoms with Crippen LogP contribution in [-0.2, 0) is 17.2 Å². The van der Waals surface area contributed by atoms with Crippen LogP contribution in [0.25, 0.3) is 10.9 Å². The van der Waals surface area contributed by atoms with E-state index in [9.17, 15) is 4.21 Å². The van der Waals surface area contributed by atoms with Crippen molar-refractivity contribution in [1.29, 1.82) is 0 Å². The highest BCUT2D eigenvalue weighted by Gasteiger charge is 2.14. The van der Waals surface area contributed by atoms with Gasteiger partial charge in [-0.1, -0.05) is 36.4 Å². The number of ether oxygens (including phenoxy) is 3. The monoisotopic (exact) mass is 509 g/mol. The van der Waals surface area contributed by atoms with Crippen molar-refractivity contribution in [3.63, 3.8) is 0 Å². The van der Waals surface area contributed by atoms with Crippen LogP contribution in [0.3, 0.4) is 0 Å². The predicted molar refractivity (Wildman–Crippen MR) is 146 cm³/mol. The lowest BCUT2D eigenvalue weighted by Gasteiger charge is -2.13. The fourth-order valence-corrected chi connectivity index (χ4v) is 5.56. The molecule has 5 nitrogen and oxygen atoms in total. The quantitative estimate of drug-likeness (QED) is 0.223. The molecule has 5 aromatic rings. The number of aromatic nitrogens is 1. The van der Waals surface area contributed by atoms with E-state index >= 15 is 0 Å². The van der Waals surface area contributed by atoms with Gasteiger partial charge in [0, 0.05) is 27.4 Å². The number of nitrogens with zero attached hydrogens (tertiary/aromatic N) is 1. The third-order valence-corrected chi connectivity index (χ3v) is 7.71. The molecule has 0 saturated heterocycles. The van der Waals surface area contributed by atoms with Gasteiger partial charge in [-0.25, -0.2) is 4.21 Å². The van der Waals surface area contributed by atoms with E-state index in [-0.39, 0.29) is 0 Å². The van der Waals surface area contributed by atoms with Crippen molar-refractivity contribution < 1.29 is 18.4 Å². The molecule has 0 bridgehead atoms. The SMILES string of the molecule is COc1cc2nccc(Cc3ccc(S(=O)c4cccc(Oc5ccccc5)c4)c(C)c3)c2cc1OC. The van der Waals surface area contributed by atoms with Crippen LogP contribution in [-0.4, -0.2) is 23.4 Å². The molecule has 0 N–H and O–H groups in total. The van der Waals surface area contributed by atoms with Gasteiger partial charge in [0.05, 0.1) is 30.5 Å². The number of benzene rings is 4. The molecule has 1 heterocycles. The second-order valence-electron chi connectivity index (χ2n) is 8.63. The standard InChI is InChI=1S/C31H27NO4S/c1-21-16-22(17-23-14-15-32-28-20-30(35-3)29(34-2)19-27(23)28)12-13-31(21)37(33)26-11-7-10-25(18-26)36-24-8-5-4-6-9-24/h4-16,18-20H,17H2,1-3H3. The molecule has 0 amide bonds. The van der Waals surface area contributed by atoms with Crippen LogP contribution >= 0.6 is 0 Å². The molecule has 0 aliphatic carbocycles. The van der Waals surface area contributed by atoms with Gasteiger partial charge in [0.2, 0.25) is 0 Å². The summed E-state index contributed by atoms with van der Waals surface area (Å²) in [6.07, 6.45) is 2.52. The minimum atomic E-state index is -1.33. The summed E-state index contributed by atoms with van der Waals surface area (Å²) in [4.78, 5) is 5.99. The zero-order chi connectivity index (χ0) is 25.8. The van der Waals surface area contributed by atoms with E-state index < -0.39 is 10.8 Å². The van der Waals surface area contributed by atoms with Gasteiger partial charge in [-0.2, -0.15) is 0 Å². The molecular formula is C31H27NO4S. The van der Waals surface area contributed by atoms with Crippen molar-refractivity contribution in [2.24, 2.45) is 0 Å². The molecule has 0 aliphatic rings. The topological polar surface area (TPSA) is 57.7 Å². The van der Waals surface area contributed by atoms with Gasteiger partial charge in [0.15, 0.2) is 11.5 Å². The van der Waals surface area contributed by atoms with Crippen LogP contribution in [0.1, 0.15) is 16.7 Å². The van der Waals surface area contributed by atoms with Gasteiger partial charge >= 0.3 is 0 Å². The Hall–Kier alpha value is -4.16. The number of hydrogen-bond acceptors (Lipinski definition) is 5. The summed E-state index contributed by atoms with van der Waals surface area (Å²) >= 11 is 0. The Kier molecular flexibility index (Phi) is 7.19. The maximum absolute atomic E-state index is 13.5. The average Bonchev–Trinajstić information content (AvgIpc) is 2.93. The lowest BCUT2D eigenvalue weighted by Crippen LogP contribution is -1.99. The van der Waals surface area contributed by atoms with Gasteiger partial charge in [-0.15, -0.1) is 0 Å². The van der Waals surface area contributed by atoms with Crippen LogP contribution < -0.4 is 14.2 Å². The average molecular weight is 510 g/mol. The molecule has 1 aromatic heterocycles. The second kappa shape index (κ2) is 10.8. The third kappa shape index (κ3) is 5.34. The molecule has 4 aromatic carbocycles. The second-order valence-corrected chi connectivity index (χ2v) is 10.1. The molecule has 0 saturated carbocycles. The molecular weight excluding hydrogens is 482 g/mol. The molecule has 0 radical (unpaired) electrons. The molecule has 5 rings (SSSR count). The van der Waals surface area contributed by atoms with Crippen molar-refractivity contribution >= 4 is 21.7 Å². The predicted octanol–water partition coefficient (Wildman–Crippen LogP) is 7.11. The Balaban J connectivity index is 1.39. The van der Waals surface area contributed by atoms with E-state index in [0.29, 0.717) is 28.6 Å². The minimum Gasteiger partial charge on any atom is -0.493 e. The number of para-hydroxylation sites is 1. The van der Waals surface area contributed by atoms with Crippen LogP contribution in [0.4, 0.5) is 0 Å². The molecule has 0 spiro atoms. The van der Waals surface area contributed by atoms with E-state index in [2.05, 4.69) is 11.1 Å². The number of rotatable bonds is 8. The molecule has 6 heteroatoms. The highest BCUT2D eigenvalue weighted by Crippen LogP contribution is 2.34. The Morgan fingerprint density at radius 3 is 2.30 bits per heavy atom. The number of hydrogen-bond donors (Lipinski definition) is 0. The first-order valence-corrected chi connectivity index (χ1v) is 13.0. The largest absolute Gasteiger partial charge is 0.493 e. The molecule has 186 valence electrons. The number of methoxy groups -OCH3 is 2. The molecule has 0 aliphatic heterocycles. The first-order valence-electron chi connectivity index (χ1n) is 11.9. The highest BCUT2D eigenvalue weighted by molar-refractivity contribution is 7.85. The molecule has 1 atom stereocenters. The minimum absolute atomic E-state index is 0.653. The third-order valence-electron chi connectivity index (χ3n) is 6.17. The number of fused-ring (bicyclic) bond motifs is 1. The Bertz CT molecular complexity index is 1580. The first-order chi connectivity index (χ1) is 18.1. The van der Waals surface area contributed by atoms with Crippen molar-refractivity contribution in [2.45, 2.75) is 23.1 Å². The summed E-state index contributed by atoms with van der Waals surface area (Å²) in [6.45, 7) is 2.00. The Morgan fingerprint density at radius 2 is 1.54 bits per heavy atom. The lowest BCUT2D eigenvalue weighted by atomic mass is 10.00. The van der Waals surface area contributed by atoms with Crippen molar-refractivity contribution in [1.82, 2.24) is 4.98 Å². The van der Waals surface area contributed by atoms with E-state index in [4.69, 9.17) is 14.2 Å². The fraction of sp³-hybridized carbons (Fsp3) is 0.129. The highest BCUT2D eigenvalue weighted by atomic mass is 32.2. The summed E-state index contributed by atoms with van der Waals surface area (Å²) in [5.41, 5.74) is 4.08. The Labute approximate surface area is 219 Å². The maximum atomic E-state index is 13.5. The maximum Gasteiger partial charge on any atom is 0.162 e. The summed E-state index contributed by atoms with van der Waals surface area (Å²) in [5, 5.41) is 1.01. The van der Waals surface area contributed by atoms with Gasteiger partial charge in [-0.05, 0) is 78.6 Å². The van der Waals surface area contributed by atoms with Crippen molar-refractivity contribution in [3.05, 3.63) is 114 Å². The van der Waals surface area contributed by atoms with Crippen LogP contribution in [0.5, 0.6) is 23.0 Å². The smallest absolute Gasteiger partial charge is 0.162 e. The van der Waals surface area contributed by atoms with Gasteiger partial charge < -0.3 is 14.2 Å². The van der Waals surface area contributed by atoms with E-state index in [0.717, 1.165) is 38.2 Å². The number of pyridine rings is 1. The zero-order valence-electron chi connectivity index (χ0n) is 20.9. The zero-order valence-corrected chi connectivity index (χ0v) is 21.7. The fourth-order valence-electron chi connectivity index (χ4n) is 4.34. The summed E-state index contributed by atoms with van der Waals surface area (Å²) in [6, 6.07) is 29.0. The van der Waals surface area contributed by atoms with Crippen molar-refractivity contribution in [3.8, 4) is 23.0 Å². The van der Waals surface area contributed by atoms with E-state index in [1.165, 1.54) is 0 Å². The van der Waals surface area contributed by atoms with E-state index in [1.807, 2.05) is 98.0 Å². The van der Waals surface area contributed by atoms with Crippen LogP contribution in [0, 0.1) is 6.92 Å².